The van der Waals surface area contributed by atoms with Gasteiger partial charge in [-0.2, -0.15) is 0 Å². The third-order valence-corrected chi connectivity index (χ3v) is 1.67. The van der Waals surface area contributed by atoms with Crippen molar-refractivity contribution in [3.63, 3.8) is 0 Å². The third kappa shape index (κ3) is 2.16. The second-order valence-corrected chi connectivity index (χ2v) is 2.81. The van der Waals surface area contributed by atoms with E-state index in [2.05, 4.69) is 20.3 Å². The van der Waals surface area contributed by atoms with Crippen LogP contribution >= 0.6 is 0 Å². The van der Waals surface area contributed by atoms with Crippen molar-refractivity contribution < 1.29 is 9.21 Å². The van der Waals surface area contributed by atoms with Gasteiger partial charge in [0.05, 0.1) is 6.20 Å². The van der Waals surface area contributed by atoms with Gasteiger partial charge in [0, 0.05) is 6.20 Å². The van der Waals surface area contributed by atoms with Crippen LogP contribution in [0, 0.1) is 6.92 Å². The van der Waals surface area contributed by atoms with E-state index in [0.29, 0.717) is 11.6 Å². The van der Waals surface area contributed by atoms with E-state index in [9.17, 15) is 4.79 Å². The molecule has 0 radical (unpaired) electrons. The summed E-state index contributed by atoms with van der Waals surface area (Å²) in [5.74, 6) is 0.783. The summed E-state index contributed by atoms with van der Waals surface area (Å²) in [6.45, 7) is 1.74. The molecule has 0 atom stereocenters. The van der Waals surface area contributed by atoms with E-state index in [-0.39, 0.29) is 11.7 Å². The summed E-state index contributed by atoms with van der Waals surface area (Å²) in [6, 6.07) is 1.60. The van der Waals surface area contributed by atoms with E-state index in [1.54, 1.807) is 19.2 Å². The zero-order valence-electron chi connectivity index (χ0n) is 7.97. The number of hydrogen-bond acceptors (Lipinski definition) is 5. The minimum atomic E-state index is -0.384. The van der Waals surface area contributed by atoms with Gasteiger partial charge in [0.15, 0.2) is 6.39 Å². The first-order valence-electron chi connectivity index (χ1n) is 4.25. The number of aromatic nitrogens is 3. The van der Waals surface area contributed by atoms with Gasteiger partial charge in [-0.25, -0.2) is 15.0 Å². The molecule has 15 heavy (non-hydrogen) atoms. The molecule has 0 aliphatic heterocycles. The molecule has 76 valence electrons. The Kier molecular flexibility index (Phi) is 2.40. The quantitative estimate of drug-likeness (QED) is 0.789. The Balaban J connectivity index is 2.13. The lowest BCUT2D eigenvalue weighted by atomic mass is 10.4. The molecular formula is C9H8N4O2. The maximum Gasteiger partial charge on any atom is 0.294 e. The Morgan fingerprint density at radius 3 is 3.07 bits per heavy atom. The molecule has 0 saturated carbocycles. The number of nitrogens with zero attached hydrogens (tertiary/aromatic N) is 3. The van der Waals surface area contributed by atoms with Crippen LogP contribution in [0.15, 0.2) is 29.3 Å². The molecule has 0 fully saturated rings. The molecule has 0 saturated heterocycles. The van der Waals surface area contributed by atoms with E-state index in [0.717, 1.165) is 0 Å². The lowest BCUT2D eigenvalue weighted by Gasteiger charge is -2.01. The lowest BCUT2D eigenvalue weighted by Crippen LogP contribution is -2.12. The van der Waals surface area contributed by atoms with Gasteiger partial charge in [-0.3, -0.25) is 4.79 Å². The molecule has 0 bridgehead atoms. The van der Waals surface area contributed by atoms with Crippen LogP contribution < -0.4 is 5.32 Å². The molecule has 2 aromatic rings. The van der Waals surface area contributed by atoms with Gasteiger partial charge < -0.3 is 9.73 Å². The summed E-state index contributed by atoms with van der Waals surface area (Å²) in [5, 5.41) is 2.56. The summed E-state index contributed by atoms with van der Waals surface area (Å²) in [7, 11) is 0. The minimum Gasteiger partial charge on any atom is -0.438 e. The predicted octanol–water partition coefficient (Wildman–Crippen LogP) is 1.03. The largest absolute Gasteiger partial charge is 0.438 e. The molecule has 2 aromatic heterocycles. The number of amides is 1. The SMILES string of the molecule is Cc1nccc(NC(=O)c2cnco2)n1. The highest BCUT2D eigenvalue weighted by Crippen LogP contribution is 2.04. The molecule has 1 amide bonds. The fourth-order valence-electron chi connectivity index (χ4n) is 1.03. The van der Waals surface area contributed by atoms with E-state index in [1.165, 1.54) is 12.6 Å². The first-order valence-corrected chi connectivity index (χ1v) is 4.25. The van der Waals surface area contributed by atoms with Crippen molar-refractivity contribution in [3.05, 3.63) is 36.4 Å². The lowest BCUT2D eigenvalue weighted by molar-refractivity contribution is 0.0996. The highest BCUT2D eigenvalue weighted by atomic mass is 16.3. The van der Waals surface area contributed by atoms with Crippen LogP contribution in [-0.4, -0.2) is 20.9 Å². The van der Waals surface area contributed by atoms with E-state index in [4.69, 9.17) is 4.42 Å². The van der Waals surface area contributed by atoms with Crippen molar-refractivity contribution in [2.24, 2.45) is 0 Å². The Morgan fingerprint density at radius 2 is 2.40 bits per heavy atom. The molecule has 1 N–H and O–H groups in total. The van der Waals surface area contributed by atoms with Crippen molar-refractivity contribution in [3.8, 4) is 0 Å². The molecule has 2 heterocycles. The molecule has 2 rings (SSSR count). The standard InChI is InChI=1S/C9H8N4O2/c1-6-11-3-2-8(12-6)13-9(14)7-4-10-5-15-7/h2-5H,1H3,(H,11,12,13,14). The van der Waals surface area contributed by atoms with Crippen molar-refractivity contribution in [1.82, 2.24) is 15.0 Å². The number of carbonyl (C=O) groups excluding carboxylic acids is 1. The molecule has 0 unspecified atom stereocenters. The van der Waals surface area contributed by atoms with Crippen LogP contribution in [0.1, 0.15) is 16.4 Å². The zero-order chi connectivity index (χ0) is 10.7. The average molecular weight is 204 g/mol. The number of rotatable bonds is 2. The van der Waals surface area contributed by atoms with Crippen LogP contribution in [0.25, 0.3) is 0 Å². The number of nitrogens with one attached hydrogen (secondary N) is 1. The Morgan fingerprint density at radius 1 is 1.53 bits per heavy atom. The predicted molar refractivity (Wildman–Crippen MR) is 51.2 cm³/mol. The van der Waals surface area contributed by atoms with Gasteiger partial charge in [-0.1, -0.05) is 0 Å². The van der Waals surface area contributed by atoms with Crippen LogP contribution in [0.5, 0.6) is 0 Å². The van der Waals surface area contributed by atoms with E-state index >= 15 is 0 Å². The van der Waals surface area contributed by atoms with Gasteiger partial charge in [-0.05, 0) is 13.0 Å². The van der Waals surface area contributed by atoms with Crippen molar-refractivity contribution in [2.45, 2.75) is 6.92 Å². The highest BCUT2D eigenvalue weighted by molar-refractivity contribution is 6.01. The van der Waals surface area contributed by atoms with Gasteiger partial charge in [0.25, 0.3) is 5.91 Å². The number of anilines is 1. The Labute approximate surface area is 85.4 Å². The molecule has 0 aliphatic carbocycles. The summed E-state index contributed by atoms with van der Waals surface area (Å²) in [4.78, 5) is 23.1. The van der Waals surface area contributed by atoms with Crippen LogP contribution in [0.4, 0.5) is 5.82 Å². The Hall–Kier alpha value is -2.24. The second-order valence-electron chi connectivity index (χ2n) is 2.81. The minimum absolute atomic E-state index is 0.145. The monoisotopic (exact) mass is 204 g/mol. The number of carbonyl (C=O) groups is 1. The fraction of sp³-hybridized carbons (Fsp3) is 0.111. The maximum absolute atomic E-state index is 11.5. The summed E-state index contributed by atoms with van der Waals surface area (Å²) >= 11 is 0. The summed E-state index contributed by atoms with van der Waals surface area (Å²) in [5.41, 5.74) is 0. The van der Waals surface area contributed by atoms with Gasteiger partial charge in [-0.15, -0.1) is 0 Å². The van der Waals surface area contributed by atoms with Crippen molar-refractivity contribution >= 4 is 11.7 Å². The fourth-order valence-corrected chi connectivity index (χ4v) is 1.03. The molecule has 0 aromatic carbocycles. The van der Waals surface area contributed by atoms with Crippen molar-refractivity contribution in [2.75, 3.05) is 5.32 Å². The normalized spacial score (nSPS) is 9.93. The van der Waals surface area contributed by atoms with Crippen LogP contribution in [0.3, 0.4) is 0 Å². The molecular weight excluding hydrogens is 196 g/mol. The maximum atomic E-state index is 11.5. The topological polar surface area (TPSA) is 80.9 Å². The van der Waals surface area contributed by atoms with Gasteiger partial charge in [0.2, 0.25) is 5.76 Å². The molecule has 0 spiro atoms. The van der Waals surface area contributed by atoms with Gasteiger partial charge in [0.1, 0.15) is 11.6 Å². The third-order valence-electron chi connectivity index (χ3n) is 1.67. The number of oxazole rings is 1. The Bertz CT molecular complexity index is 467. The summed E-state index contributed by atoms with van der Waals surface area (Å²) in [6.07, 6.45) is 4.10. The van der Waals surface area contributed by atoms with Crippen LogP contribution in [0.2, 0.25) is 0 Å². The van der Waals surface area contributed by atoms with E-state index < -0.39 is 0 Å². The molecule has 6 nitrogen and oxygen atoms in total. The molecule has 6 heteroatoms. The molecule has 0 aliphatic rings. The number of aryl methyl sites for hydroxylation is 1. The summed E-state index contributed by atoms with van der Waals surface area (Å²) < 4.78 is 4.83. The first-order chi connectivity index (χ1) is 7.25. The first kappa shape index (κ1) is 9.32. The smallest absolute Gasteiger partial charge is 0.294 e. The van der Waals surface area contributed by atoms with Gasteiger partial charge >= 0.3 is 0 Å². The highest BCUT2D eigenvalue weighted by Gasteiger charge is 2.09. The number of hydrogen-bond donors (Lipinski definition) is 1. The zero-order valence-corrected chi connectivity index (χ0v) is 7.97. The average Bonchev–Trinajstić information content (AvgIpc) is 2.70. The van der Waals surface area contributed by atoms with E-state index in [1.807, 2.05) is 0 Å². The van der Waals surface area contributed by atoms with Crippen LogP contribution in [-0.2, 0) is 0 Å². The van der Waals surface area contributed by atoms with Crippen molar-refractivity contribution in [1.29, 1.82) is 0 Å². The second kappa shape index (κ2) is 3.87.